The third-order valence-corrected chi connectivity index (χ3v) is 4.60. The Hall–Kier alpha value is -2.17. The van der Waals surface area contributed by atoms with E-state index in [1.54, 1.807) is 0 Å². The fraction of sp³-hybridized carbons (Fsp3) is 0.316. The van der Waals surface area contributed by atoms with Crippen molar-refractivity contribution in [2.24, 2.45) is 11.8 Å². The number of hydrogen-bond donors (Lipinski definition) is 2. The monoisotopic (exact) mass is 309 g/mol. The molecule has 120 valence electrons. The first kappa shape index (κ1) is 15.7. The number of carbonyl (C=O) groups is 1. The molecule has 23 heavy (non-hydrogen) atoms. The Bertz CT molecular complexity index is 582. The highest BCUT2D eigenvalue weighted by Crippen LogP contribution is 2.33. The predicted molar refractivity (Wildman–Crippen MR) is 91.0 cm³/mol. The normalized spacial score (nSPS) is 20.1. The molecule has 1 aliphatic rings. The van der Waals surface area contributed by atoms with E-state index in [1.807, 2.05) is 12.1 Å². The molecule has 0 radical (unpaired) electrons. The Balaban J connectivity index is 1.68. The zero-order valence-electron chi connectivity index (χ0n) is 13.2. The molecule has 1 fully saturated rings. The van der Waals surface area contributed by atoms with Crippen molar-refractivity contribution in [1.29, 1.82) is 0 Å². The SMILES string of the molecule is NNC(=O)C1CC(N(Cc2ccccc2)Cc2ccccc2)C1. The molecule has 1 saturated carbocycles. The van der Waals surface area contributed by atoms with Crippen LogP contribution < -0.4 is 11.3 Å². The van der Waals surface area contributed by atoms with Gasteiger partial charge in [-0.25, -0.2) is 5.84 Å². The van der Waals surface area contributed by atoms with Crippen LogP contribution in [0.25, 0.3) is 0 Å². The molecule has 0 saturated heterocycles. The van der Waals surface area contributed by atoms with Crippen LogP contribution in [-0.4, -0.2) is 16.8 Å². The number of nitrogens with two attached hydrogens (primary N) is 1. The van der Waals surface area contributed by atoms with Crippen LogP contribution in [0.4, 0.5) is 0 Å². The van der Waals surface area contributed by atoms with E-state index in [-0.39, 0.29) is 11.8 Å². The van der Waals surface area contributed by atoms with Gasteiger partial charge in [0.1, 0.15) is 0 Å². The fourth-order valence-electron chi connectivity index (χ4n) is 3.17. The van der Waals surface area contributed by atoms with Crippen molar-refractivity contribution in [3.05, 3.63) is 71.8 Å². The minimum absolute atomic E-state index is 0.0411. The Morgan fingerprint density at radius 1 is 0.957 bits per heavy atom. The molecule has 0 heterocycles. The van der Waals surface area contributed by atoms with E-state index in [9.17, 15) is 4.79 Å². The maximum atomic E-state index is 11.6. The van der Waals surface area contributed by atoms with Gasteiger partial charge in [0, 0.05) is 25.0 Å². The molecular weight excluding hydrogens is 286 g/mol. The first-order valence-corrected chi connectivity index (χ1v) is 8.08. The second-order valence-electron chi connectivity index (χ2n) is 6.21. The maximum absolute atomic E-state index is 11.6. The van der Waals surface area contributed by atoms with Crippen LogP contribution in [0.3, 0.4) is 0 Å². The first-order valence-electron chi connectivity index (χ1n) is 8.08. The molecule has 1 aliphatic carbocycles. The fourth-order valence-corrected chi connectivity index (χ4v) is 3.17. The van der Waals surface area contributed by atoms with Crippen LogP contribution in [0.2, 0.25) is 0 Å². The smallest absolute Gasteiger partial charge is 0.237 e. The van der Waals surface area contributed by atoms with Crippen LogP contribution in [0, 0.1) is 5.92 Å². The molecule has 0 spiro atoms. The lowest BCUT2D eigenvalue weighted by Crippen LogP contribution is -2.50. The summed E-state index contributed by atoms with van der Waals surface area (Å²) in [5.74, 6) is 5.25. The summed E-state index contributed by atoms with van der Waals surface area (Å²) in [7, 11) is 0. The molecule has 2 aromatic carbocycles. The highest BCUT2D eigenvalue weighted by atomic mass is 16.2. The van der Waals surface area contributed by atoms with Gasteiger partial charge in [-0.3, -0.25) is 15.1 Å². The number of amides is 1. The van der Waals surface area contributed by atoms with Gasteiger partial charge < -0.3 is 0 Å². The lowest BCUT2D eigenvalue weighted by molar-refractivity contribution is -0.130. The van der Waals surface area contributed by atoms with Gasteiger partial charge in [0.15, 0.2) is 0 Å². The molecule has 0 bridgehead atoms. The largest absolute Gasteiger partial charge is 0.294 e. The summed E-state index contributed by atoms with van der Waals surface area (Å²) in [6, 6.07) is 21.4. The molecule has 0 atom stereocenters. The van der Waals surface area contributed by atoms with Gasteiger partial charge in [-0.05, 0) is 24.0 Å². The number of nitrogens with one attached hydrogen (secondary N) is 1. The molecule has 0 unspecified atom stereocenters. The summed E-state index contributed by atoms with van der Waals surface area (Å²) in [6.07, 6.45) is 1.76. The summed E-state index contributed by atoms with van der Waals surface area (Å²) < 4.78 is 0. The van der Waals surface area contributed by atoms with Crippen LogP contribution in [-0.2, 0) is 17.9 Å². The highest BCUT2D eigenvalue weighted by molar-refractivity contribution is 5.79. The molecule has 4 heteroatoms. The van der Waals surface area contributed by atoms with Crippen molar-refractivity contribution in [2.45, 2.75) is 32.0 Å². The Labute approximate surface area is 137 Å². The van der Waals surface area contributed by atoms with Crippen molar-refractivity contribution >= 4 is 5.91 Å². The van der Waals surface area contributed by atoms with Gasteiger partial charge in [0.2, 0.25) is 5.91 Å². The van der Waals surface area contributed by atoms with E-state index in [2.05, 4.69) is 58.9 Å². The Kier molecular flexibility index (Phi) is 5.05. The van der Waals surface area contributed by atoms with Crippen LogP contribution in [0.5, 0.6) is 0 Å². The number of benzene rings is 2. The van der Waals surface area contributed by atoms with Crippen molar-refractivity contribution in [3.63, 3.8) is 0 Å². The standard InChI is InChI=1S/C19H23N3O/c20-21-19(23)17-11-18(12-17)22(13-15-7-3-1-4-8-15)14-16-9-5-2-6-10-16/h1-10,17-18H,11-14,20H2,(H,21,23). The molecule has 3 rings (SSSR count). The molecule has 2 aromatic rings. The second kappa shape index (κ2) is 7.40. The average Bonchev–Trinajstić information content (AvgIpc) is 2.55. The maximum Gasteiger partial charge on any atom is 0.237 e. The summed E-state index contributed by atoms with van der Waals surface area (Å²) in [6.45, 7) is 1.80. The van der Waals surface area contributed by atoms with Crippen molar-refractivity contribution < 1.29 is 4.79 Å². The van der Waals surface area contributed by atoms with E-state index < -0.39 is 0 Å². The zero-order valence-corrected chi connectivity index (χ0v) is 13.2. The van der Waals surface area contributed by atoms with Crippen LogP contribution in [0.15, 0.2) is 60.7 Å². The Morgan fingerprint density at radius 3 is 1.87 bits per heavy atom. The van der Waals surface area contributed by atoms with E-state index in [0.29, 0.717) is 6.04 Å². The summed E-state index contributed by atoms with van der Waals surface area (Å²) >= 11 is 0. The number of hydrazine groups is 1. The van der Waals surface area contributed by atoms with Crippen LogP contribution in [0.1, 0.15) is 24.0 Å². The lowest BCUT2D eigenvalue weighted by Gasteiger charge is -2.42. The van der Waals surface area contributed by atoms with E-state index in [0.717, 1.165) is 25.9 Å². The number of nitrogens with zero attached hydrogens (tertiary/aromatic N) is 1. The third-order valence-electron chi connectivity index (χ3n) is 4.60. The number of carbonyl (C=O) groups excluding carboxylic acids is 1. The van der Waals surface area contributed by atoms with Gasteiger partial charge in [-0.1, -0.05) is 60.7 Å². The minimum atomic E-state index is -0.0411. The van der Waals surface area contributed by atoms with E-state index in [4.69, 9.17) is 5.84 Å². The van der Waals surface area contributed by atoms with Crippen molar-refractivity contribution in [2.75, 3.05) is 0 Å². The zero-order chi connectivity index (χ0) is 16.1. The van der Waals surface area contributed by atoms with Gasteiger partial charge >= 0.3 is 0 Å². The van der Waals surface area contributed by atoms with Gasteiger partial charge in [-0.2, -0.15) is 0 Å². The molecule has 0 aliphatic heterocycles. The summed E-state index contributed by atoms with van der Waals surface area (Å²) in [5.41, 5.74) is 4.87. The molecule has 3 N–H and O–H groups in total. The van der Waals surface area contributed by atoms with Gasteiger partial charge in [0.25, 0.3) is 0 Å². The average molecular weight is 309 g/mol. The van der Waals surface area contributed by atoms with E-state index in [1.165, 1.54) is 11.1 Å². The van der Waals surface area contributed by atoms with Gasteiger partial charge in [-0.15, -0.1) is 0 Å². The molecule has 4 nitrogen and oxygen atoms in total. The minimum Gasteiger partial charge on any atom is -0.294 e. The van der Waals surface area contributed by atoms with Crippen LogP contribution >= 0.6 is 0 Å². The topological polar surface area (TPSA) is 58.4 Å². The third kappa shape index (κ3) is 3.97. The van der Waals surface area contributed by atoms with E-state index >= 15 is 0 Å². The number of rotatable bonds is 6. The lowest BCUT2D eigenvalue weighted by atomic mass is 9.78. The Morgan fingerprint density at radius 2 is 1.43 bits per heavy atom. The first-order chi connectivity index (χ1) is 11.3. The quantitative estimate of drug-likeness (QED) is 0.489. The molecule has 1 amide bonds. The van der Waals surface area contributed by atoms with Gasteiger partial charge in [0.05, 0.1) is 0 Å². The summed E-state index contributed by atoms with van der Waals surface area (Å²) in [4.78, 5) is 14.1. The highest BCUT2D eigenvalue weighted by Gasteiger charge is 2.37. The number of hydrogen-bond acceptors (Lipinski definition) is 3. The second-order valence-corrected chi connectivity index (χ2v) is 6.21. The summed E-state index contributed by atoms with van der Waals surface area (Å²) in [5, 5.41) is 0. The molecular formula is C19H23N3O. The van der Waals surface area contributed by atoms with Crippen molar-refractivity contribution in [1.82, 2.24) is 10.3 Å². The van der Waals surface area contributed by atoms with Crippen molar-refractivity contribution in [3.8, 4) is 0 Å². The molecule has 0 aromatic heterocycles. The predicted octanol–water partition coefficient (Wildman–Crippen LogP) is 2.46.